The van der Waals surface area contributed by atoms with E-state index in [2.05, 4.69) is 6.07 Å². The molecule has 8 heteroatoms. The molecule has 2 aromatic rings. The first-order valence-corrected chi connectivity index (χ1v) is 10.3. The predicted octanol–water partition coefficient (Wildman–Crippen LogP) is 6.41. The Balaban J connectivity index is 2.83. The maximum absolute atomic E-state index is 14.1. The Bertz CT molecular complexity index is 999. The first-order chi connectivity index (χ1) is 14.2. The van der Waals surface area contributed by atoms with Gasteiger partial charge in [0.15, 0.2) is 0 Å². The van der Waals surface area contributed by atoms with E-state index in [9.17, 15) is 23.2 Å². The van der Waals surface area contributed by atoms with Crippen molar-refractivity contribution in [3.63, 3.8) is 0 Å². The quantitative estimate of drug-likeness (QED) is 0.507. The Hall–Kier alpha value is -2.46. The van der Waals surface area contributed by atoms with Crippen molar-refractivity contribution >= 4 is 17.5 Å². The van der Waals surface area contributed by atoms with Gasteiger partial charge >= 0.3 is 6.18 Å². The Labute approximate surface area is 186 Å². The lowest BCUT2D eigenvalue weighted by atomic mass is 9.95. The van der Waals surface area contributed by atoms with Crippen molar-refractivity contribution in [1.29, 1.82) is 5.26 Å². The highest BCUT2D eigenvalue weighted by Crippen LogP contribution is 2.42. The molecule has 31 heavy (non-hydrogen) atoms. The Morgan fingerprint density at radius 2 is 1.77 bits per heavy atom. The van der Waals surface area contributed by atoms with Crippen LogP contribution in [0.25, 0.3) is 11.1 Å². The number of hydrogen-bond acceptors (Lipinski definition) is 2. The molecule has 0 saturated carbocycles. The zero-order valence-electron chi connectivity index (χ0n) is 18.6. The topological polar surface area (TPSA) is 49.0 Å². The van der Waals surface area contributed by atoms with Gasteiger partial charge in [0.05, 0.1) is 11.5 Å². The first-order valence-electron chi connectivity index (χ1n) is 9.92. The second kappa shape index (κ2) is 8.96. The van der Waals surface area contributed by atoms with E-state index in [1.807, 2.05) is 0 Å². The van der Waals surface area contributed by atoms with Crippen LogP contribution in [0, 0.1) is 29.6 Å². The molecule has 0 unspecified atom stereocenters. The largest absolute Gasteiger partial charge is 0.431 e. The zero-order chi connectivity index (χ0) is 23.7. The number of nitrogens with zero attached hydrogens (tertiary/aromatic N) is 3. The third-order valence-corrected chi connectivity index (χ3v) is 5.19. The molecule has 0 saturated heterocycles. The van der Waals surface area contributed by atoms with E-state index in [1.54, 1.807) is 52.0 Å². The van der Waals surface area contributed by atoms with Crippen LogP contribution < -0.4 is 0 Å². The summed E-state index contributed by atoms with van der Waals surface area (Å²) < 4.78 is 43.4. The van der Waals surface area contributed by atoms with Crippen LogP contribution in [0.5, 0.6) is 0 Å². The third-order valence-electron chi connectivity index (χ3n) is 4.94. The molecule has 0 atom stereocenters. The lowest BCUT2D eigenvalue weighted by molar-refractivity contribution is -0.144. The van der Waals surface area contributed by atoms with Crippen molar-refractivity contribution in [2.45, 2.75) is 47.3 Å². The molecule has 1 aromatic carbocycles. The van der Waals surface area contributed by atoms with Crippen LogP contribution in [0.4, 0.5) is 13.2 Å². The molecule has 0 radical (unpaired) electrons. The highest BCUT2D eigenvalue weighted by atomic mass is 35.5. The maximum atomic E-state index is 14.1. The zero-order valence-corrected chi connectivity index (χ0v) is 19.3. The van der Waals surface area contributed by atoms with E-state index in [0.29, 0.717) is 10.6 Å². The molecule has 1 aromatic heterocycles. The summed E-state index contributed by atoms with van der Waals surface area (Å²) in [5.74, 6) is -0.689. The van der Waals surface area contributed by atoms with E-state index < -0.39 is 23.2 Å². The van der Waals surface area contributed by atoms with Gasteiger partial charge in [-0.1, -0.05) is 37.6 Å². The van der Waals surface area contributed by atoms with Gasteiger partial charge in [-0.15, -0.1) is 0 Å². The average Bonchev–Trinajstić information content (AvgIpc) is 2.92. The van der Waals surface area contributed by atoms with Crippen molar-refractivity contribution < 1.29 is 18.0 Å². The molecule has 0 N–H and O–H groups in total. The van der Waals surface area contributed by atoms with Crippen LogP contribution in [-0.4, -0.2) is 29.0 Å². The highest BCUT2D eigenvalue weighted by molar-refractivity contribution is 6.30. The second-order valence-electron chi connectivity index (χ2n) is 8.86. The number of carbonyl (C=O) groups excluding carboxylic acids is 1. The van der Waals surface area contributed by atoms with Gasteiger partial charge in [0.25, 0.3) is 5.91 Å². The molecule has 168 valence electrons. The predicted molar refractivity (Wildman–Crippen MR) is 116 cm³/mol. The van der Waals surface area contributed by atoms with Gasteiger partial charge in [-0.3, -0.25) is 4.79 Å². The normalized spacial score (nSPS) is 12.2. The molecule has 0 bridgehead atoms. The van der Waals surface area contributed by atoms with Crippen LogP contribution >= 0.6 is 11.6 Å². The van der Waals surface area contributed by atoms with Crippen molar-refractivity contribution in [3.8, 4) is 17.2 Å². The molecule has 2 rings (SSSR count). The SMILES string of the molecule is Cc1c(-c2ccc(Cl)cc2)c(C(=O)N(C)CC(C)(C)C#N)n(CC(C)C)c1C(F)(F)F. The van der Waals surface area contributed by atoms with Crippen molar-refractivity contribution in [1.82, 2.24) is 9.47 Å². The molecule has 0 aliphatic carbocycles. The summed E-state index contributed by atoms with van der Waals surface area (Å²) >= 11 is 5.97. The van der Waals surface area contributed by atoms with E-state index in [0.717, 1.165) is 4.57 Å². The van der Waals surface area contributed by atoms with Crippen LogP contribution in [-0.2, 0) is 12.7 Å². The summed E-state index contributed by atoms with van der Waals surface area (Å²) in [6.45, 7) is 8.45. The summed E-state index contributed by atoms with van der Waals surface area (Å²) in [5.41, 5.74) is -1.00. The third kappa shape index (κ3) is 5.43. The van der Waals surface area contributed by atoms with Crippen LogP contribution in [0.15, 0.2) is 24.3 Å². The van der Waals surface area contributed by atoms with Gasteiger partial charge in [-0.05, 0) is 49.9 Å². The Kier molecular flexibility index (Phi) is 7.17. The number of halogens is 4. The van der Waals surface area contributed by atoms with Crippen LogP contribution in [0.1, 0.15) is 49.4 Å². The highest BCUT2D eigenvalue weighted by Gasteiger charge is 2.41. The summed E-state index contributed by atoms with van der Waals surface area (Å²) in [4.78, 5) is 14.8. The van der Waals surface area contributed by atoms with Crippen LogP contribution in [0.2, 0.25) is 5.02 Å². The first kappa shape index (κ1) is 24.8. The standard InChI is InChI=1S/C23H27ClF3N3O/c1-14(2)11-30-19(21(31)29(6)13-22(4,5)12-28)18(15(3)20(30)23(25,26)27)16-7-9-17(24)10-8-16/h7-10,14H,11,13H2,1-6H3. The minimum atomic E-state index is -4.64. The van der Waals surface area contributed by atoms with E-state index in [4.69, 9.17) is 11.6 Å². The van der Waals surface area contributed by atoms with Gasteiger partial charge in [0.1, 0.15) is 11.4 Å². The Morgan fingerprint density at radius 3 is 2.23 bits per heavy atom. The monoisotopic (exact) mass is 453 g/mol. The number of hydrogen-bond donors (Lipinski definition) is 0. The van der Waals surface area contributed by atoms with E-state index >= 15 is 0 Å². The minimum absolute atomic E-state index is 0.00762. The van der Waals surface area contributed by atoms with E-state index in [-0.39, 0.29) is 35.8 Å². The average molecular weight is 454 g/mol. The summed E-state index contributed by atoms with van der Waals surface area (Å²) in [5, 5.41) is 9.77. The maximum Gasteiger partial charge on any atom is 0.431 e. The van der Waals surface area contributed by atoms with Crippen molar-refractivity contribution in [2.75, 3.05) is 13.6 Å². The smallest absolute Gasteiger partial charge is 0.339 e. The fourth-order valence-electron chi connectivity index (χ4n) is 3.73. The number of benzene rings is 1. The van der Waals surface area contributed by atoms with Crippen molar-refractivity contribution in [2.24, 2.45) is 11.3 Å². The lowest BCUT2D eigenvalue weighted by Gasteiger charge is -2.26. The molecule has 1 amide bonds. The minimum Gasteiger partial charge on any atom is -0.339 e. The molecule has 0 aliphatic rings. The van der Waals surface area contributed by atoms with Gasteiger partial charge in [0, 0.05) is 30.7 Å². The van der Waals surface area contributed by atoms with Crippen molar-refractivity contribution in [3.05, 3.63) is 46.2 Å². The summed E-state index contributed by atoms with van der Waals surface area (Å²) in [7, 11) is 1.50. The van der Waals surface area contributed by atoms with Gasteiger partial charge in [-0.2, -0.15) is 18.4 Å². The van der Waals surface area contributed by atoms with E-state index in [1.165, 1.54) is 18.9 Å². The molecule has 0 aliphatic heterocycles. The summed E-state index contributed by atoms with van der Waals surface area (Å²) in [6.07, 6.45) is -4.64. The molecule has 1 heterocycles. The molecule has 0 fully saturated rings. The number of rotatable bonds is 6. The lowest BCUT2D eigenvalue weighted by Crippen LogP contribution is -2.37. The van der Waals surface area contributed by atoms with Gasteiger partial charge < -0.3 is 9.47 Å². The number of carbonyl (C=O) groups is 1. The molecular formula is C23H27ClF3N3O. The fourth-order valence-corrected chi connectivity index (χ4v) is 3.86. The second-order valence-corrected chi connectivity index (χ2v) is 9.30. The number of nitriles is 1. The Morgan fingerprint density at radius 1 is 1.23 bits per heavy atom. The molecule has 4 nitrogen and oxygen atoms in total. The van der Waals surface area contributed by atoms with Crippen LogP contribution in [0.3, 0.4) is 0 Å². The summed E-state index contributed by atoms with van der Waals surface area (Å²) in [6, 6.07) is 8.51. The fraction of sp³-hybridized carbons (Fsp3) is 0.478. The molecular weight excluding hydrogens is 427 g/mol. The number of alkyl halides is 3. The number of aromatic nitrogens is 1. The number of amides is 1. The molecule has 0 spiro atoms. The van der Waals surface area contributed by atoms with Gasteiger partial charge in [0.2, 0.25) is 0 Å². The van der Waals surface area contributed by atoms with Gasteiger partial charge in [-0.25, -0.2) is 0 Å².